The number of halogens is 1. The van der Waals surface area contributed by atoms with Crippen LogP contribution < -0.4 is 16.2 Å². The van der Waals surface area contributed by atoms with Crippen LogP contribution >= 0.6 is 23.8 Å². The Morgan fingerprint density at radius 3 is 2.45 bits per heavy atom. The molecular weight excluding hydrogens is 436 g/mol. The molecule has 0 saturated carbocycles. The van der Waals surface area contributed by atoms with Gasteiger partial charge in [0.1, 0.15) is 5.75 Å². The average Bonchev–Trinajstić information content (AvgIpc) is 2.71. The molecule has 0 saturated heterocycles. The third-order valence-corrected chi connectivity index (χ3v) is 5.21. The first-order valence-electron chi connectivity index (χ1n) is 9.83. The molecule has 0 fully saturated rings. The second-order valence-electron chi connectivity index (χ2n) is 7.30. The molecule has 0 unspecified atom stereocenters. The predicted octanol–water partition coefficient (Wildman–Crippen LogP) is 3.92. The summed E-state index contributed by atoms with van der Waals surface area (Å²) in [7, 11) is 3.67. The number of ketones is 1. The van der Waals surface area contributed by atoms with E-state index >= 15 is 0 Å². The SMILES string of the molecule is CN(C)C(=S)Oc1ccc(CCCCCC(=N)CC(=O)c2nc(Cl)c(N)nc2N)cc1. The first-order chi connectivity index (χ1) is 14.7. The van der Waals surface area contributed by atoms with Crippen LogP contribution in [0.5, 0.6) is 5.75 Å². The number of rotatable bonds is 10. The van der Waals surface area contributed by atoms with E-state index in [1.807, 2.05) is 38.4 Å². The van der Waals surface area contributed by atoms with Gasteiger partial charge in [-0.2, -0.15) is 0 Å². The van der Waals surface area contributed by atoms with Crippen LogP contribution in [0.2, 0.25) is 5.15 Å². The van der Waals surface area contributed by atoms with Crippen LogP contribution in [0.4, 0.5) is 11.6 Å². The van der Waals surface area contributed by atoms with Crippen LogP contribution in [0, 0.1) is 5.41 Å². The molecule has 0 radical (unpaired) electrons. The molecule has 0 aliphatic heterocycles. The lowest BCUT2D eigenvalue weighted by atomic mass is 10.0. The second-order valence-corrected chi connectivity index (χ2v) is 8.01. The number of carbonyl (C=O) groups is 1. The minimum absolute atomic E-state index is 0.0232. The Morgan fingerprint density at radius 2 is 1.81 bits per heavy atom. The number of benzene rings is 1. The van der Waals surface area contributed by atoms with Gasteiger partial charge >= 0.3 is 0 Å². The van der Waals surface area contributed by atoms with E-state index in [0.717, 1.165) is 25.7 Å². The Morgan fingerprint density at radius 1 is 1.13 bits per heavy atom. The van der Waals surface area contributed by atoms with Gasteiger partial charge in [0.05, 0.1) is 6.42 Å². The molecule has 0 bridgehead atoms. The summed E-state index contributed by atoms with van der Waals surface area (Å²) in [5.74, 6) is 0.242. The molecule has 0 spiro atoms. The molecule has 31 heavy (non-hydrogen) atoms. The minimum atomic E-state index is -0.382. The van der Waals surface area contributed by atoms with Crippen LogP contribution in [0.15, 0.2) is 24.3 Å². The van der Waals surface area contributed by atoms with Crippen molar-refractivity contribution in [3.8, 4) is 5.75 Å². The number of nitrogens with one attached hydrogen (secondary N) is 1. The van der Waals surface area contributed by atoms with Gasteiger partial charge in [-0.1, -0.05) is 30.2 Å². The summed E-state index contributed by atoms with van der Waals surface area (Å²) in [5.41, 5.74) is 12.7. The van der Waals surface area contributed by atoms with E-state index in [0.29, 0.717) is 23.1 Å². The second kappa shape index (κ2) is 11.6. The van der Waals surface area contributed by atoms with Gasteiger partial charge in [0.25, 0.3) is 5.17 Å². The number of nitrogens with two attached hydrogens (primary N) is 2. The highest BCUT2D eigenvalue weighted by molar-refractivity contribution is 7.80. The first kappa shape index (κ1) is 24.5. The number of hydrogen-bond donors (Lipinski definition) is 3. The number of hydrogen-bond acceptors (Lipinski definition) is 8. The molecule has 2 rings (SSSR count). The molecule has 0 aliphatic carbocycles. The maximum absolute atomic E-state index is 12.3. The van der Waals surface area contributed by atoms with Gasteiger partial charge in [-0.3, -0.25) is 4.79 Å². The van der Waals surface area contributed by atoms with E-state index in [2.05, 4.69) is 9.97 Å². The number of unbranched alkanes of at least 4 members (excludes halogenated alkanes) is 2. The monoisotopic (exact) mass is 462 g/mol. The van der Waals surface area contributed by atoms with Crippen molar-refractivity contribution in [2.75, 3.05) is 25.6 Å². The number of aryl methyl sites for hydroxylation is 1. The van der Waals surface area contributed by atoms with Crippen molar-refractivity contribution in [1.82, 2.24) is 14.9 Å². The summed E-state index contributed by atoms with van der Waals surface area (Å²) in [4.78, 5) is 21.7. The highest BCUT2D eigenvalue weighted by atomic mass is 35.5. The highest BCUT2D eigenvalue weighted by Crippen LogP contribution is 2.19. The maximum Gasteiger partial charge on any atom is 0.264 e. The van der Waals surface area contributed by atoms with E-state index in [9.17, 15) is 4.79 Å². The number of anilines is 2. The number of nitrogen functional groups attached to an aromatic ring is 2. The Bertz CT molecular complexity index is 950. The lowest BCUT2D eigenvalue weighted by molar-refractivity contribution is 0.0996. The topological polar surface area (TPSA) is 131 Å². The standard InChI is InChI=1S/C21H27ClN6O2S/c1-28(2)21(31)30-15-10-8-13(9-11-15)6-4-3-5-7-14(23)12-16(29)17-19(24)27-20(25)18(22)26-17/h8-11,23H,3-7,12H2,1-2H3,(H4,24,25,27). The van der Waals surface area contributed by atoms with Crippen molar-refractivity contribution in [1.29, 1.82) is 5.41 Å². The van der Waals surface area contributed by atoms with Gasteiger partial charge in [0.15, 0.2) is 28.3 Å². The summed E-state index contributed by atoms with van der Waals surface area (Å²) >= 11 is 10.9. The summed E-state index contributed by atoms with van der Waals surface area (Å²) in [6, 6.07) is 7.87. The van der Waals surface area contributed by atoms with Crippen LogP contribution in [0.1, 0.15) is 48.2 Å². The number of nitrogens with zero attached hydrogens (tertiary/aromatic N) is 3. The van der Waals surface area contributed by atoms with Gasteiger partial charge in [0.2, 0.25) is 0 Å². The van der Waals surface area contributed by atoms with Gasteiger partial charge in [-0.25, -0.2) is 9.97 Å². The molecule has 166 valence electrons. The summed E-state index contributed by atoms with van der Waals surface area (Å²) < 4.78 is 5.56. The van der Waals surface area contributed by atoms with Crippen molar-refractivity contribution in [2.24, 2.45) is 0 Å². The van der Waals surface area contributed by atoms with Crippen molar-refractivity contribution < 1.29 is 9.53 Å². The fraction of sp³-hybridized carbons (Fsp3) is 0.381. The van der Waals surface area contributed by atoms with E-state index in [1.54, 1.807) is 4.90 Å². The molecule has 8 nitrogen and oxygen atoms in total. The van der Waals surface area contributed by atoms with E-state index in [4.69, 9.17) is 45.4 Å². The molecule has 0 aliphatic rings. The minimum Gasteiger partial charge on any atom is -0.432 e. The Kier molecular flexibility index (Phi) is 9.14. The molecule has 1 aromatic heterocycles. The largest absolute Gasteiger partial charge is 0.432 e. The molecule has 2 aromatic rings. The predicted molar refractivity (Wildman–Crippen MR) is 128 cm³/mol. The zero-order valence-corrected chi connectivity index (χ0v) is 19.2. The molecule has 5 N–H and O–H groups in total. The molecule has 0 amide bonds. The quantitative estimate of drug-likeness (QED) is 0.209. The maximum atomic E-state index is 12.3. The van der Waals surface area contributed by atoms with Crippen molar-refractivity contribution >= 4 is 52.1 Å². The van der Waals surface area contributed by atoms with Gasteiger partial charge in [-0.15, -0.1) is 0 Å². The molecule has 1 aromatic carbocycles. The van der Waals surface area contributed by atoms with Crippen LogP contribution in [0.25, 0.3) is 0 Å². The van der Waals surface area contributed by atoms with E-state index in [1.165, 1.54) is 5.56 Å². The summed E-state index contributed by atoms with van der Waals surface area (Å²) in [6.07, 6.45) is 4.18. The normalized spacial score (nSPS) is 10.5. The van der Waals surface area contributed by atoms with E-state index < -0.39 is 0 Å². The van der Waals surface area contributed by atoms with Gasteiger partial charge in [-0.05, 0) is 55.6 Å². The number of carbonyl (C=O) groups excluding carboxylic acids is 1. The van der Waals surface area contributed by atoms with Crippen molar-refractivity contribution in [2.45, 2.75) is 38.5 Å². The average molecular weight is 463 g/mol. The first-order valence-corrected chi connectivity index (χ1v) is 10.6. The Hall–Kier alpha value is -2.78. The lowest BCUT2D eigenvalue weighted by Crippen LogP contribution is -2.24. The summed E-state index contributed by atoms with van der Waals surface area (Å²) in [5, 5.41) is 8.40. The number of thiocarbonyl (C=S) groups is 1. The zero-order valence-electron chi connectivity index (χ0n) is 17.7. The fourth-order valence-corrected chi connectivity index (χ4v) is 3.00. The van der Waals surface area contributed by atoms with E-state index in [-0.39, 0.29) is 34.7 Å². The third kappa shape index (κ3) is 7.76. The van der Waals surface area contributed by atoms with Crippen LogP contribution in [-0.2, 0) is 6.42 Å². The molecule has 10 heteroatoms. The highest BCUT2D eigenvalue weighted by Gasteiger charge is 2.17. The molecule has 1 heterocycles. The van der Waals surface area contributed by atoms with Gasteiger partial charge in [0, 0.05) is 19.8 Å². The van der Waals surface area contributed by atoms with Crippen LogP contribution in [-0.4, -0.2) is 45.6 Å². The third-order valence-electron chi connectivity index (χ3n) is 4.48. The number of ether oxygens (including phenoxy) is 1. The Labute approximate surface area is 192 Å². The fourth-order valence-electron chi connectivity index (χ4n) is 2.77. The van der Waals surface area contributed by atoms with Crippen LogP contribution in [0.3, 0.4) is 0 Å². The lowest BCUT2D eigenvalue weighted by Gasteiger charge is -2.14. The summed E-state index contributed by atoms with van der Waals surface area (Å²) in [6.45, 7) is 0. The van der Waals surface area contributed by atoms with Crippen molar-refractivity contribution in [3.05, 3.63) is 40.7 Å². The van der Waals surface area contributed by atoms with Gasteiger partial charge < -0.3 is 26.5 Å². The zero-order chi connectivity index (χ0) is 23.0. The molecule has 0 atom stereocenters. The smallest absolute Gasteiger partial charge is 0.264 e. The van der Waals surface area contributed by atoms with Crippen molar-refractivity contribution in [3.63, 3.8) is 0 Å². The Balaban J connectivity index is 1.69. The molecular formula is C21H27ClN6O2S. The number of aromatic nitrogens is 2. The number of Topliss-reactive ketones (excluding diaryl/α,β-unsaturated/α-hetero) is 1.